The molecule has 1 fully saturated rings. The molecule has 0 aliphatic carbocycles. The zero-order valence-corrected chi connectivity index (χ0v) is 11.3. The molecule has 0 aromatic heterocycles. The van der Waals surface area contributed by atoms with Crippen LogP contribution in [0.4, 0.5) is 0 Å². The fraction of sp³-hybridized carbons (Fsp3) is 1.00. The van der Waals surface area contributed by atoms with Gasteiger partial charge in [-0.05, 0) is 33.6 Å². The van der Waals surface area contributed by atoms with Crippen LogP contribution in [0.2, 0.25) is 0 Å². The lowest BCUT2D eigenvalue weighted by Gasteiger charge is -2.38. The van der Waals surface area contributed by atoms with E-state index in [0.29, 0.717) is 0 Å². The van der Waals surface area contributed by atoms with Crippen molar-refractivity contribution in [1.82, 2.24) is 0 Å². The number of aliphatic hydroxyl groups is 2. The fourth-order valence-corrected chi connectivity index (χ4v) is 2.04. The molecule has 0 bridgehead atoms. The maximum absolute atomic E-state index is 9.69. The molecule has 0 unspecified atom stereocenters. The van der Waals surface area contributed by atoms with E-state index in [1.807, 2.05) is 6.92 Å². The summed E-state index contributed by atoms with van der Waals surface area (Å²) in [6.45, 7) is 5.08. The van der Waals surface area contributed by atoms with Crippen LogP contribution < -0.4 is 11.5 Å². The zero-order chi connectivity index (χ0) is 13.9. The second kappa shape index (κ2) is 6.79. The van der Waals surface area contributed by atoms with E-state index >= 15 is 0 Å². The van der Waals surface area contributed by atoms with Crippen molar-refractivity contribution in [3.05, 3.63) is 0 Å². The highest BCUT2D eigenvalue weighted by Gasteiger charge is 2.34. The fourth-order valence-electron chi connectivity index (χ4n) is 2.04. The highest BCUT2D eigenvalue weighted by Crippen LogP contribution is 2.22. The molecule has 108 valence electrons. The Morgan fingerprint density at radius 2 is 1.83 bits per heavy atom. The molecule has 0 spiro atoms. The van der Waals surface area contributed by atoms with Crippen molar-refractivity contribution in [1.29, 1.82) is 0 Å². The molecule has 7 atom stereocenters. The van der Waals surface area contributed by atoms with Crippen LogP contribution in [0.15, 0.2) is 0 Å². The molecule has 1 saturated heterocycles. The average Bonchev–Trinajstić information content (AvgIpc) is 2.30. The van der Waals surface area contributed by atoms with Crippen molar-refractivity contribution in [2.24, 2.45) is 11.5 Å². The molecule has 0 aromatic rings. The second-order valence-corrected chi connectivity index (χ2v) is 5.22. The molecule has 1 heterocycles. The Labute approximate surface area is 108 Å². The van der Waals surface area contributed by atoms with Gasteiger partial charge >= 0.3 is 0 Å². The minimum atomic E-state index is -0.962. The number of aliphatic hydroxyl groups excluding tert-OH is 2. The number of hydrogen-bond acceptors (Lipinski definition) is 6. The maximum Gasteiger partial charge on any atom is 0.173 e. The van der Waals surface area contributed by atoms with Gasteiger partial charge in [-0.25, -0.2) is 0 Å². The van der Waals surface area contributed by atoms with Gasteiger partial charge in [-0.2, -0.15) is 0 Å². The van der Waals surface area contributed by atoms with Crippen molar-refractivity contribution in [3.8, 4) is 0 Å². The Hall–Kier alpha value is -0.240. The summed E-state index contributed by atoms with van der Waals surface area (Å²) in [5.74, 6) is 0. The quantitative estimate of drug-likeness (QED) is 0.522. The molecular weight excluding hydrogens is 236 g/mol. The standard InChI is InChI=1S/C12H26N2O4/c1-6(13)10-5-4-9(14)12(18-10)17-8(3)11(16)7(2)15/h6-12,15-16H,4-5,13-14H2,1-3H3/t6-,7+,8-,9-,10+,11-,12+/m1/s1. The first kappa shape index (κ1) is 15.8. The van der Waals surface area contributed by atoms with Crippen LogP contribution in [0, 0.1) is 0 Å². The maximum atomic E-state index is 9.69. The highest BCUT2D eigenvalue weighted by molar-refractivity contribution is 4.82. The largest absolute Gasteiger partial charge is 0.391 e. The number of ether oxygens (including phenoxy) is 2. The Morgan fingerprint density at radius 3 is 2.33 bits per heavy atom. The average molecular weight is 262 g/mol. The summed E-state index contributed by atoms with van der Waals surface area (Å²) < 4.78 is 11.3. The van der Waals surface area contributed by atoms with Crippen LogP contribution in [-0.2, 0) is 9.47 Å². The predicted molar refractivity (Wildman–Crippen MR) is 67.8 cm³/mol. The molecular formula is C12H26N2O4. The number of rotatable bonds is 5. The van der Waals surface area contributed by atoms with Crippen molar-refractivity contribution in [2.75, 3.05) is 0 Å². The molecule has 1 rings (SSSR count). The zero-order valence-electron chi connectivity index (χ0n) is 11.3. The van der Waals surface area contributed by atoms with Crippen molar-refractivity contribution < 1.29 is 19.7 Å². The van der Waals surface area contributed by atoms with Gasteiger partial charge in [0.05, 0.1) is 24.4 Å². The second-order valence-electron chi connectivity index (χ2n) is 5.22. The molecule has 6 N–H and O–H groups in total. The van der Waals surface area contributed by atoms with E-state index < -0.39 is 24.6 Å². The van der Waals surface area contributed by atoms with Gasteiger partial charge in [0, 0.05) is 6.04 Å². The van der Waals surface area contributed by atoms with Gasteiger partial charge in [-0.3, -0.25) is 0 Å². The Kier molecular flexibility index (Phi) is 5.97. The predicted octanol–water partition coefficient (Wildman–Crippen LogP) is -0.687. The van der Waals surface area contributed by atoms with Gasteiger partial charge in [-0.15, -0.1) is 0 Å². The number of hydrogen-bond donors (Lipinski definition) is 4. The van der Waals surface area contributed by atoms with E-state index in [4.69, 9.17) is 20.9 Å². The van der Waals surface area contributed by atoms with Gasteiger partial charge < -0.3 is 31.2 Å². The third kappa shape index (κ3) is 4.15. The van der Waals surface area contributed by atoms with Gasteiger partial charge in [0.15, 0.2) is 6.29 Å². The van der Waals surface area contributed by atoms with Gasteiger partial charge in [0.2, 0.25) is 0 Å². The Bertz CT molecular complexity index is 250. The molecule has 6 nitrogen and oxygen atoms in total. The van der Waals surface area contributed by atoms with Crippen LogP contribution in [0.25, 0.3) is 0 Å². The van der Waals surface area contributed by atoms with E-state index in [1.165, 1.54) is 6.92 Å². The van der Waals surface area contributed by atoms with E-state index in [9.17, 15) is 10.2 Å². The van der Waals surface area contributed by atoms with Crippen LogP contribution in [-0.4, -0.2) is 53.0 Å². The topological polar surface area (TPSA) is 111 Å². The van der Waals surface area contributed by atoms with Crippen LogP contribution in [0.3, 0.4) is 0 Å². The molecule has 6 heteroatoms. The van der Waals surface area contributed by atoms with Crippen LogP contribution in [0.1, 0.15) is 33.6 Å². The van der Waals surface area contributed by atoms with Crippen molar-refractivity contribution in [3.63, 3.8) is 0 Å². The summed E-state index contributed by atoms with van der Waals surface area (Å²) in [7, 11) is 0. The van der Waals surface area contributed by atoms with Gasteiger partial charge in [-0.1, -0.05) is 0 Å². The summed E-state index contributed by atoms with van der Waals surface area (Å²) in [5.41, 5.74) is 11.7. The first-order valence-corrected chi connectivity index (χ1v) is 6.51. The summed E-state index contributed by atoms with van der Waals surface area (Å²) >= 11 is 0. The lowest BCUT2D eigenvalue weighted by atomic mass is 10.00. The molecule has 1 aliphatic heterocycles. The van der Waals surface area contributed by atoms with Crippen molar-refractivity contribution in [2.45, 2.75) is 76.4 Å². The molecule has 0 radical (unpaired) electrons. The van der Waals surface area contributed by atoms with Gasteiger partial charge in [0.25, 0.3) is 0 Å². The molecule has 0 saturated carbocycles. The first-order chi connectivity index (χ1) is 8.32. The Morgan fingerprint density at radius 1 is 1.22 bits per heavy atom. The third-order valence-electron chi connectivity index (χ3n) is 3.35. The highest BCUT2D eigenvalue weighted by atomic mass is 16.7. The monoisotopic (exact) mass is 262 g/mol. The summed E-state index contributed by atoms with van der Waals surface area (Å²) in [6.07, 6.45) is -1.45. The van der Waals surface area contributed by atoms with E-state index in [0.717, 1.165) is 12.8 Å². The van der Waals surface area contributed by atoms with Gasteiger partial charge in [0.1, 0.15) is 6.10 Å². The smallest absolute Gasteiger partial charge is 0.173 e. The molecule has 18 heavy (non-hydrogen) atoms. The molecule has 1 aliphatic rings. The normalized spacial score (nSPS) is 35.8. The van der Waals surface area contributed by atoms with E-state index in [-0.39, 0.29) is 18.2 Å². The molecule has 0 amide bonds. The molecule has 0 aromatic carbocycles. The summed E-state index contributed by atoms with van der Waals surface area (Å²) in [6, 6.07) is -0.316. The SMILES string of the molecule is C[C@H](O)[C@@H](O)[C@@H](C)O[C@H]1O[C@H]([C@@H](C)N)CC[C@H]1N. The number of nitrogens with two attached hydrogens (primary N) is 2. The lowest BCUT2D eigenvalue weighted by molar-refractivity contribution is -0.240. The minimum absolute atomic E-state index is 0.0781. The summed E-state index contributed by atoms with van der Waals surface area (Å²) in [4.78, 5) is 0. The summed E-state index contributed by atoms with van der Waals surface area (Å²) in [5, 5.41) is 19.0. The minimum Gasteiger partial charge on any atom is -0.391 e. The first-order valence-electron chi connectivity index (χ1n) is 6.51. The van der Waals surface area contributed by atoms with Crippen LogP contribution in [0.5, 0.6) is 0 Å². The van der Waals surface area contributed by atoms with Crippen molar-refractivity contribution >= 4 is 0 Å². The van der Waals surface area contributed by atoms with Crippen LogP contribution >= 0.6 is 0 Å². The third-order valence-corrected chi connectivity index (χ3v) is 3.35. The lowest BCUT2D eigenvalue weighted by Crippen LogP contribution is -2.52. The van der Waals surface area contributed by atoms with E-state index in [1.54, 1.807) is 6.92 Å². The Balaban J connectivity index is 2.53. The van der Waals surface area contributed by atoms with E-state index in [2.05, 4.69) is 0 Å².